The SMILES string of the molecule is CC(C)(CF)C(=O)NCc1cc(-c2nn(-c3ccc(Cl)cc3)c(=O)[nH]2)c(Cl)cc1F. The van der Waals surface area contributed by atoms with Crippen LogP contribution in [0.25, 0.3) is 17.1 Å². The standard InChI is InChI=1S/C20H18Cl2F2N4O2/c1-20(2,10-23)18(29)25-9-11-7-14(15(22)8-16(11)24)17-26-19(30)28(27-17)13-5-3-12(21)4-6-13/h3-8H,9-10H2,1-2H3,(H,25,29)(H,26,27,30). The van der Waals surface area contributed by atoms with Crippen molar-refractivity contribution in [3.05, 3.63) is 68.3 Å². The Hall–Kier alpha value is -2.71. The summed E-state index contributed by atoms with van der Waals surface area (Å²) in [7, 11) is 0. The third-order valence-corrected chi connectivity index (χ3v) is 5.03. The maximum Gasteiger partial charge on any atom is 0.348 e. The highest BCUT2D eigenvalue weighted by Gasteiger charge is 2.27. The first kappa shape index (κ1) is 22.0. The van der Waals surface area contributed by atoms with Crippen LogP contribution in [0.3, 0.4) is 0 Å². The number of nitrogens with one attached hydrogen (secondary N) is 2. The van der Waals surface area contributed by atoms with Crippen LogP contribution in [0.1, 0.15) is 19.4 Å². The average Bonchev–Trinajstić information content (AvgIpc) is 3.09. The fourth-order valence-corrected chi connectivity index (χ4v) is 2.96. The summed E-state index contributed by atoms with van der Waals surface area (Å²) in [5.74, 6) is -1.08. The normalized spacial score (nSPS) is 11.5. The second kappa shape index (κ2) is 8.57. The van der Waals surface area contributed by atoms with Gasteiger partial charge in [0.05, 0.1) is 16.1 Å². The Bertz CT molecular complexity index is 1140. The van der Waals surface area contributed by atoms with Gasteiger partial charge in [0.25, 0.3) is 0 Å². The van der Waals surface area contributed by atoms with Crippen molar-refractivity contribution in [2.24, 2.45) is 5.41 Å². The van der Waals surface area contributed by atoms with Crippen LogP contribution in [-0.4, -0.2) is 27.3 Å². The quantitative estimate of drug-likeness (QED) is 0.582. The molecular formula is C20H18Cl2F2N4O2. The first-order valence-corrected chi connectivity index (χ1v) is 9.66. The molecule has 10 heteroatoms. The summed E-state index contributed by atoms with van der Waals surface area (Å²) in [5, 5.41) is 7.26. The number of hydrogen-bond donors (Lipinski definition) is 2. The number of rotatable bonds is 6. The number of alkyl halides is 1. The topological polar surface area (TPSA) is 79.8 Å². The summed E-state index contributed by atoms with van der Waals surface area (Å²) in [6.07, 6.45) is 0. The molecule has 1 heterocycles. The number of halogens is 4. The zero-order valence-electron chi connectivity index (χ0n) is 16.1. The van der Waals surface area contributed by atoms with E-state index in [-0.39, 0.29) is 28.5 Å². The van der Waals surface area contributed by atoms with Gasteiger partial charge in [0.2, 0.25) is 5.91 Å². The smallest absolute Gasteiger partial charge is 0.348 e. The molecule has 1 amide bonds. The van der Waals surface area contributed by atoms with Crippen molar-refractivity contribution in [2.75, 3.05) is 6.67 Å². The summed E-state index contributed by atoms with van der Waals surface area (Å²) < 4.78 is 28.4. The van der Waals surface area contributed by atoms with E-state index in [1.165, 1.54) is 19.9 Å². The number of amides is 1. The monoisotopic (exact) mass is 454 g/mol. The molecule has 0 spiro atoms. The van der Waals surface area contributed by atoms with E-state index in [1.807, 2.05) is 0 Å². The van der Waals surface area contributed by atoms with Crippen LogP contribution in [0.4, 0.5) is 8.78 Å². The number of carbonyl (C=O) groups excluding carboxylic acids is 1. The van der Waals surface area contributed by atoms with Gasteiger partial charge in [0.1, 0.15) is 12.5 Å². The molecule has 0 atom stereocenters. The molecule has 2 N–H and O–H groups in total. The summed E-state index contributed by atoms with van der Waals surface area (Å²) >= 11 is 12.0. The second-order valence-electron chi connectivity index (χ2n) is 7.29. The van der Waals surface area contributed by atoms with E-state index in [4.69, 9.17) is 23.2 Å². The fraction of sp³-hybridized carbons (Fsp3) is 0.250. The number of H-pyrrole nitrogens is 1. The third-order valence-electron chi connectivity index (χ3n) is 4.47. The van der Waals surface area contributed by atoms with E-state index in [9.17, 15) is 18.4 Å². The molecule has 0 aliphatic carbocycles. The predicted molar refractivity (Wildman–Crippen MR) is 111 cm³/mol. The van der Waals surface area contributed by atoms with Crippen LogP contribution in [0.2, 0.25) is 10.0 Å². The van der Waals surface area contributed by atoms with E-state index in [2.05, 4.69) is 15.4 Å². The van der Waals surface area contributed by atoms with Crippen LogP contribution in [0.15, 0.2) is 41.2 Å². The Morgan fingerprint density at radius 1 is 1.23 bits per heavy atom. The number of aromatic nitrogens is 3. The van der Waals surface area contributed by atoms with Crippen molar-refractivity contribution in [3.8, 4) is 17.1 Å². The molecule has 6 nitrogen and oxygen atoms in total. The molecular weight excluding hydrogens is 437 g/mol. The largest absolute Gasteiger partial charge is 0.351 e. The van der Waals surface area contributed by atoms with Crippen molar-refractivity contribution in [2.45, 2.75) is 20.4 Å². The van der Waals surface area contributed by atoms with Crippen LogP contribution in [0.5, 0.6) is 0 Å². The molecule has 2 aromatic carbocycles. The van der Waals surface area contributed by atoms with Crippen molar-refractivity contribution in [3.63, 3.8) is 0 Å². The Morgan fingerprint density at radius 3 is 2.53 bits per heavy atom. The van der Waals surface area contributed by atoms with E-state index >= 15 is 0 Å². The molecule has 0 aliphatic rings. The van der Waals surface area contributed by atoms with Crippen molar-refractivity contribution in [1.82, 2.24) is 20.1 Å². The maximum atomic E-state index is 14.3. The Labute approximate surface area is 180 Å². The number of benzene rings is 2. The lowest BCUT2D eigenvalue weighted by molar-refractivity contribution is -0.130. The number of hydrogen-bond acceptors (Lipinski definition) is 3. The van der Waals surface area contributed by atoms with Gasteiger partial charge >= 0.3 is 5.69 Å². The molecule has 0 fully saturated rings. The van der Waals surface area contributed by atoms with Gasteiger partial charge in [-0.3, -0.25) is 9.78 Å². The highest BCUT2D eigenvalue weighted by atomic mass is 35.5. The Kier molecular flexibility index (Phi) is 6.28. The van der Waals surface area contributed by atoms with Gasteiger partial charge in [0.15, 0.2) is 5.82 Å². The summed E-state index contributed by atoms with van der Waals surface area (Å²) in [6.45, 7) is 1.86. The first-order chi connectivity index (χ1) is 14.1. The summed E-state index contributed by atoms with van der Waals surface area (Å²) in [5.41, 5.74) is -0.886. The van der Waals surface area contributed by atoms with Gasteiger partial charge in [-0.15, -0.1) is 5.10 Å². The molecule has 0 saturated heterocycles. The van der Waals surface area contributed by atoms with Crippen LogP contribution >= 0.6 is 23.2 Å². The molecule has 3 aromatic rings. The zero-order valence-corrected chi connectivity index (χ0v) is 17.6. The van der Waals surface area contributed by atoms with Crippen molar-refractivity contribution < 1.29 is 13.6 Å². The lowest BCUT2D eigenvalue weighted by atomic mass is 9.94. The van der Waals surface area contributed by atoms with Crippen molar-refractivity contribution >= 4 is 29.1 Å². The molecule has 1 aromatic heterocycles. The minimum absolute atomic E-state index is 0.0312. The third kappa shape index (κ3) is 4.55. The molecule has 0 aliphatic heterocycles. The zero-order chi connectivity index (χ0) is 22.1. The fourth-order valence-electron chi connectivity index (χ4n) is 2.59. The molecule has 3 rings (SSSR count). The molecule has 0 unspecified atom stereocenters. The lowest BCUT2D eigenvalue weighted by Gasteiger charge is -2.19. The predicted octanol–water partition coefficient (Wildman–Crippen LogP) is 4.29. The summed E-state index contributed by atoms with van der Waals surface area (Å²) in [4.78, 5) is 27.0. The van der Waals surface area contributed by atoms with E-state index < -0.39 is 29.5 Å². The van der Waals surface area contributed by atoms with E-state index in [0.29, 0.717) is 10.7 Å². The van der Waals surface area contributed by atoms with Crippen LogP contribution in [0, 0.1) is 11.2 Å². The van der Waals surface area contributed by atoms with Gasteiger partial charge in [-0.05, 0) is 50.2 Å². The second-order valence-corrected chi connectivity index (χ2v) is 8.13. The van der Waals surface area contributed by atoms with Gasteiger partial charge in [-0.2, -0.15) is 4.68 Å². The van der Waals surface area contributed by atoms with Gasteiger partial charge in [-0.1, -0.05) is 23.2 Å². The molecule has 0 radical (unpaired) electrons. The minimum atomic E-state index is -1.23. The molecule has 0 saturated carbocycles. The van der Waals surface area contributed by atoms with E-state index in [1.54, 1.807) is 24.3 Å². The van der Waals surface area contributed by atoms with Crippen LogP contribution < -0.4 is 11.0 Å². The average molecular weight is 455 g/mol. The lowest BCUT2D eigenvalue weighted by Crippen LogP contribution is -2.38. The van der Waals surface area contributed by atoms with Crippen molar-refractivity contribution in [1.29, 1.82) is 0 Å². The number of aromatic amines is 1. The van der Waals surface area contributed by atoms with Gasteiger partial charge in [0, 0.05) is 22.7 Å². The highest BCUT2D eigenvalue weighted by molar-refractivity contribution is 6.33. The Balaban J connectivity index is 1.93. The van der Waals surface area contributed by atoms with Gasteiger partial charge in [-0.25, -0.2) is 13.6 Å². The van der Waals surface area contributed by atoms with Gasteiger partial charge < -0.3 is 5.32 Å². The first-order valence-electron chi connectivity index (χ1n) is 8.90. The van der Waals surface area contributed by atoms with Crippen LogP contribution in [-0.2, 0) is 11.3 Å². The highest BCUT2D eigenvalue weighted by Crippen LogP contribution is 2.28. The number of carbonyl (C=O) groups is 1. The summed E-state index contributed by atoms with van der Waals surface area (Å²) in [6, 6.07) is 8.91. The molecule has 0 bridgehead atoms. The van der Waals surface area contributed by atoms with E-state index in [0.717, 1.165) is 10.7 Å². The molecule has 158 valence electrons. The maximum absolute atomic E-state index is 14.3. The minimum Gasteiger partial charge on any atom is -0.351 e. The number of nitrogens with zero attached hydrogens (tertiary/aromatic N) is 2. The Morgan fingerprint density at radius 2 is 1.90 bits per heavy atom. The molecule has 30 heavy (non-hydrogen) atoms.